The maximum Gasteiger partial charge on any atom is 0.335 e. The number of imidazole rings is 1. The second kappa shape index (κ2) is 4.78. The number of benzene rings is 1. The number of fused-ring (bicyclic) bond motifs is 1. The molecule has 0 saturated carbocycles. The third-order valence-electron chi connectivity index (χ3n) is 3.21. The zero-order chi connectivity index (χ0) is 13.3. The average molecular weight is 247 g/mol. The van der Waals surface area contributed by atoms with Crippen LogP contribution < -0.4 is 0 Å². The highest BCUT2D eigenvalue weighted by molar-refractivity contribution is 5.92. The maximum atomic E-state index is 10.9. The number of likely N-dealkylation sites (N-methyl/N-ethyl adjacent to an activating group) is 1. The number of aromatic nitrogens is 2. The van der Waals surface area contributed by atoms with E-state index in [0.29, 0.717) is 6.04 Å². The van der Waals surface area contributed by atoms with Gasteiger partial charge in [0.1, 0.15) is 0 Å². The van der Waals surface area contributed by atoms with Crippen LogP contribution in [-0.4, -0.2) is 45.7 Å². The van der Waals surface area contributed by atoms with Crippen LogP contribution >= 0.6 is 0 Å². The molecule has 18 heavy (non-hydrogen) atoms. The lowest BCUT2D eigenvalue weighted by Gasteiger charge is -2.20. The minimum Gasteiger partial charge on any atom is -0.478 e. The molecule has 1 heterocycles. The Morgan fingerprint density at radius 1 is 1.50 bits per heavy atom. The minimum absolute atomic E-state index is 0.272. The molecule has 0 bridgehead atoms. The fourth-order valence-corrected chi connectivity index (χ4v) is 1.79. The van der Waals surface area contributed by atoms with Crippen LogP contribution in [0, 0.1) is 0 Å². The Morgan fingerprint density at radius 3 is 2.83 bits per heavy atom. The van der Waals surface area contributed by atoms with E-state index in [9.17, 15) is 4.79 Å². The highest BCUT2D eigenvalue weighted by Crippen LogP contribution is 2.16. The predicted molar refractivity (Wildman–Crippen MR) is 69.8 cm³/mol. The van der Waals surface area contributed by atoms with Crippen LogP contribution in [0.15, 0.2) is 24.5 Å². The van der Waals surface area contributed by atoms with E-state index in [-0.39, 0.29) is 5.56 Å². The molecular formula is C13H17N3O2. The van der Waals surface area contributed by atoms with Gasteiger partial charge < -0.3 is 14.6 Å². The van der Waals surface area contributed by atoms with Gasteiger partial charge >= 0.3 is 5.97 Å². The highest BCUT2D eigenvalue weighted by Gasteiger charge is 2.10. The Morgan fingerprint density at radius 2 is 2.22 bits per heavy atom. The first-order chi connectivity index (χ1) is 8.49. The van der Waals surface area contributed by atoms with Crippen molar-refractivity contribution in [2.45, 2.75) is 19.5 Å². The Hall–Kier alpha value is -1.88. The molecule has 1 aromatic carbocycles. The first kappa shape index (κ1) is 12.6. The summed E-state index contributed by atoms with van der Waals surface area (Å²) in [7, 11) is 4.07. The summed E-state index contributed by atoms with van der Waals surface area (Å²) in [6.07, 6.45) is 1.76. The molecule has 96 valence electrons. The molecule has 2 aromatic rings. The van der Waals surface area contributed by atoms with Crippen LogP contribution in [-0.2, 0) is 6.54 Å². The van der Waals surface area contributed by atoms with Crippen LogP contribution in [0.1, 0.15) is 17.3 Å². The summed E-state index contributed by atoms with van der Waals surface area (Å²) in [5.74, 6) is -0.923. The molecule has 1 N–H and O–H groups in total. The van der Waals surface area contributed by atoms with E-state index in [2.05, 4.69) is 16.8 Å². The van der Waals surface area contributed by atoms with Crippen molar-refractivity contribution in [2.75, 3.05) is 14.1 Å². The molecular weight excluding hydrogens is 230 g/mol. The Kier molecular flexibility index (Phi) is 3.34. The summed E-state index contributed by atoms with van der Waals surface area (Å²) in [5, 5.41) is 8.93. The van der Waals surface area contributed by atoms with Crippen molar-refractivity contribution in [2.24, 2.45) is 0 Å². The first-order valence-electron chi connectivity index (χ1n) is 5.83. The van der Waals surface area contributed by atoms with Gasteiger partial charge in [0.15, 0.2) is 0 Å². The van der Waals surface area contributed by atoms with Crippen molar-refractivity contribution in [1.82, 2.24) is 14.5 Å². The Labute approximate surface area is 106 Å². The van der Waals surface area contributed by atoms with E-state index in [1.165, 1.54) is 0 Å². The van der Waals surface area contributed by atoms with Gasteiger partial charge in [-0.1, -0.05) is 0 Å². The van der Waals surface area contributed by atoms with E-state index < -0.39 is 5.97 Å². The predicted octanol–water partition coefficient (Wildman–Crippen LogP) is 1.68. The number of carboxylic acid groups (broad SMARTS) is 1. The molecule has 5 nitrogen and oxygen atoms in total. The SMILES string of the molecule is CC(Cn1cnc2cc(C(=O)O)ccc21)N(C)C. The quantitative estimate of drug-likeness (QED) is 0.893. The number of nitrogens with zero attached hydrogens (tertiary/aromatic N) is 3. The second-order valence-electron chi connectivity index (χ2n) is 4.72. The van der Waals surface area contributed by atoms with Gasteiger partial charge in [-0.15, -0.1) is 0 Å². The highest BCUT2D eigenvalue weighted by atomic mass is 16.4. The summed E-state index contributed by atoms with van der Waals surface area (Å²) in [6, 6.07) is 5.42. The average Bonchev–Trinajstić information content (AvgIpc) is 2.71. The van der Waals surface area contributed by atoms with E-state index in [1.54, 1.807) is 18.5 Å². The lowest BCUT2D eigenvalue weighted by molar-refractivity contribution is 0.0697. The molecule has 0 spiro atoms. The van der Waals surface area contributed by atoms with Crippen LogP contribution in [0.2, 0.25) is 0 Å². The zero-order valence-electron chi connectivity index (χ0n) is 10.8. The summed E-state index contributed by atoms with van der Waals surface area (Å²) in [6.45, 7) is 2.97. The van der Waals surface area contributed by atoms with Gasteiger partial charge in [-0.25, -0.2) is 9.78 Å². The molecule has 0 aliphatic rings. The van der Waals surface area contributed by atoms with Crippen LogP contribution in [0.4, 0.5) is 0 Å². The molecule has 5 heteroatoms. The van der Waals surface area contributed by atoms with Crippen molar-refractivity contribution in [1.29, 1.82) is 0 Å². The van der Waals surface area contributed by atoms with Crippen LogP contribution in [0.5, 0.6) is 0 Å². The van der Waals surface area contributed by atoms with Crippen molar-refractivity contribution < 1.29 is 9.90 Å². The van der Waals surface area contributed by atoms with Crippen molar-refractivity contribution in [3.8, 4) is 0 Å². The number of hydrogen-bond acceptors (Lipinski definition) is 3. The molecule has 0 amide bonds. The van der Waals surface area contributed by atoms with E-state index in [4.69, 9.17) is 5.11 Å². The molecule has 0 fully saturated rings. The van der Waals surface area contributed by atoms with Crippen molar-refractivity contribution >= 4 is 17.0 Å². The second-order valence-corrected chi connectivity index (χ2v) is 4.72. The lowest BCUT2D eigenvalue weighted by atomic mass is 10.2. The summed E-state index contributed by atoms with van der Waals surface area (Å²) in [5.41, 5.74) is 1.96. The smallest absolute Gasteiger partial charge is 0.335 e. The van der Waals surface area contributed by atoms with Gasteiger partial charge in [-0.05, 0) is 39.2 Å². The van der Waals surface area contributed by atoms with Crippen molar-refractivity contribution in [3.05, 3.63) is 30.1 Å². The van der Waals surface area contributed by atoms with Gasteiger partial charge in [-0.3, -0.25) is 0 Å². The van der Waals surface area contributed by atoms with Gasteiger partial charge in [0.05, 0.1) is 22.9 Å². The molecule has 1 unspecified atom stereocenters. The number of rotatable bonds is 4. The first-order valence-corrected chi connectivity index (χ1v) is 5.83. The van der Waals surface area contributed by atoms with E-state index in [0.717, 1.165) is 17.6 Å². The molecule has 0 saturated heterocycles. The monoisotopic (exact) mass is 247 g/mol. The number of carboxylic acids is 1. The molecule has 1 aromatic heterocycles. The maximum absolute atomic E-state index is 10.9. The van der Waals surface area contributed by atoms with Crippen molar-refractivity contribution in [3.63, 3.8) is 0 Å². The largest absolute Gasteiger partial charge is 0.478 e. The fraction of sp³-hybridized carbons (Fsp3) is 0.385. The van der Waals surface area contributed by atoms with E-state index >= 15 is 0 Å². The Bertz CT molecular complexity index is 575. The normalized spacial score (nSPS) is 13.1. The van der Waals surface area contributed by atoms with Gasteiger partial charge in [0, 0.05) is 12.6 Å². The zero-order valence-corrected chi connectivity index (χ0v) is 10.8. The molecule has 0 aliphatic heterocycles. The molecule has 1 atom stereocenters. The molecule has 0 aliphatic carbocycles. The fourth-order valence-electron chi connectivity index (χ4n) is 1.79. The van der Waals surface area contributed by atoms with Crippen LogP contribution in [0.3, 0.4) is 0 Å². The third-order valence-corrected chi connectivity index (χ3v) is 3.21. The lowest BCUT2D eigenvalue weighted by Crippen LogP contribution is -2.28. The number of aromatic carboxylic acids is 1. The molecule has 2 rings (SSSR count). The Balaban J connectivity index is 2.34. The van der Waals surface area contributed by atoms with E-state index in [1.807, 2.05) is 24.7 Å². The van der Waals surface area contributed by atoms with Gasteiger partial charge in [-0.2, -0.15) is 0 Å². The topological polar surface area (TPSA) is 58.4 Å². The molecule has 0 radical (unpaired) electrons. The number of hydrogen-bond donors (Lipinski definition) is 1. The summed E-state index contributed by atoms with van der Waals surface area (Å²) in [4.78, 5) is 17.3. The third kappa shape index (κ3) is 2.36. The standard InChI is InChI=1S/C13H17N3O2/c1-9(15(2)3)7-16-8-14-11-6-10(13(17)18)4-5-12(11)16/h4-6,8-9H,7H2,1-3H3,(H,17,18). The summed E-state index contributed by atoms with van der Waals surface area (Å²) < 4.78 is 2.05. The van der Waals surface area contributed by atoms with Gasteiger partial charge in [0.2, 0.25) is 0 Å². The van der Waals surface area contributed by atoms with Crippen LogP contribution in [0.25, 0.3) is 11.0 Å². The van der Waals surface area contributed by atoms with Gasteiger partial charge in [0.25, 0.3) is 0 Å². The number of carbonyl (C=O) groups is 1. The minimum atomic E-state index is -0.923. The summed E-state index contributed by atoms with van der Waals surface area (Å²) >= 11 is 0.